The minimum atomic E-state index is -1.09. The van der Waals surface area contributed by atoms with Crippen molar-refractivity contribution in [3.05, 3.63) is 168 Å². The van der Waals surface area contributed by atoms with Crippen LogP contribution in [0.2, 0.25) is 0 Å². The number of nitrogens with zero attached hydrogens (tertiary/aromatic N) is 2. The van der Waals surface area contributed by atoms with Gasteiger partial charge < -0.3 is 24.9 Å². The van der Waals surface area contributed by atoms with Gasteiger partial charge in [-0.05, 0) is 91.3 Å². The van der Waals surface area contributed by atoms with E-state index >= 15 is 0 Å². The van der Waals surface area contributed by atoms with Gasteiger partial charge in [-0.3, -0.25) is 9.59 Å². The quantitative estimate of drug-likeness (QED) is 0.182. The Morgan fingerprint density at radius 1 is 0.545 bits per heavy atom. The van der Waals surface area contributed by atoms with Gasteiger partial charge in [0.15, 0.2) is 0 Å². The Morgan fingerprint density at radius 3 is 1.45 bits per heavy atom. The molecule has 44 heavy (non-hydrogen) atoms. The van der Waals surface area contributed by atoms with Gasteiger partial charge >= 0.3 is 5.97 Å². The van der Waals surface area contributed by atoms with Crippen molar-refractivity contribution in [2.24, 2.45) is 0 Å². The predicted molar refractivity (Wildman–Crippen MR) is 172 cm³/mol. The van der Waals surface area contributed by atoms with Crippen molar-refractivity contribution in [3.8, 4) is 11.4 Å². The molecule has 2 heterocycles. The maximum absolute atomic E-state index is 12.3. The zero-order valence-corrected chi connectivity index (χ0v) is 23.9. The third-order valence-corrected chi connectivity index (χ3v) is 6.83. The lowest BCUT2D eigenvalue weighted by molar-refractivity contribution is 0.0697. The molecule has 0 aliphatic heterocycles. The van der Waals surface area contributed by atoms with Crippen molar-refractivity contribution in [1.29, 1.82) is 0 Å². The van der Waals surface area contributed by atoms with Crippen LogP contribution in [-0.2, 0) is 0 Å². The minimum absolute atomic E-state index is 0.0465. The smallest absolute Gasteiger partial charge is 0.337 e. The number of rotatable bonds is 7. The van der Waals surface area contributed by atoms with E-state index in [1.165, 1.54) is 6.07 Å². The van der Waals surface area contributed by atoms with Crippen molar-refractivity contribution in [2.75, 3.05) is 10.6 Å². The first-order valence-electron chi connectivity index (χ1n) is 13.9. The van der Waals surface area contributed by atoms with Crippen molar-refractivity contribution in [1.82, 2.24) is 9.13 Å². The van der Waals surface area contributed by atoms with E-state index in [1.807, 2.05) is 108 Å². The molecule has 6 rings (SSSR count). The first-order chi connectivity index (χ1) is 21.4. The third-order valence-electron chi connectivity index (χ3n) is 6.83. The average molecular weight is 583 g/mol. The summed E-state index contributed by atoms with van der Waals surface area (Å²) in [5, 5.41) is 15.0. The topological polar surface area (TPSA) is 105 Å². The van der Waals surface area contributed by atoms with Gasteiger partial charge in [0.2, 0.25) is 0 Å². The minimum Gasteiger partial charge on any atom is -0.478 e. The number of aromatic nitrogens is 2. The Labute approximate surface area is 254 Å². The van der Waals surface area contributed by atoms with E-state index in [0.717, 1.165) is 22.6 Å². The zero-order valence-electron chi connectivity index (χ0n) is 23.9. The summed E-state index contributed by atoms with van der Waals surface area (Å²) >= 11 is 0. The molecule has 0 spiro atoms. The summed E-state index contributed by atoms with van der Waals surface area (Å²) in [6, 6.07) is 36.4. The van der Waals surface area contributed by atoms with Gasteiger partial charge in [0.25, 0.3) is 11.8 Å². The number of anilines is 2. The molecule has 0 aliphatic rings. The Morgan fingerprint density at radius 2 is 0.977 bits per heavy atom. The standard InChI is InChI=1S/C18H14N2O3.C18H16N2O/c21-17(13-6-2-1-3-7-13)19-16-12-14(20-10-4-5-11-20)8-9-15(16)18(22)23;1-14-9-10-16(20-11-5-6-12-20)13-17(14)19-18(21)15-7-3-2-4-8-15/h1-12H,(H,19,21)(H,22,23);2-13H,1H3,(H,19,21). The SMILES string of the molecule is Cc1ccc(-n2cccc2)cc1NC(=O)c1ccccc1.O=C(Nc1cc(-n2cccc2)ccc1C(=O)O)c1ccccc1. The molecular weight excluding hydrogens is 552 g/mol. The molecule has 0 unspecified atom stereocenters. The number of carboxylic acid groups (broad SMARTS) is 1. The monoisotopic (exact) mass is 582 g/mol. The van der Waals surface area contributed by atoms with Gasteiger partial charge in [0.05, 0.1) is 11.3 Å². The number of hydrogen-bond acceptors (Lipinski definition) is 3. The van der Waals surface area contributed by atoms with E-state index in [1.54, 1.807) is 48.5 Å². The maximum Gasteiger partial charge on any atom is 0.337 e. The molecule has 4 aromatic carbocycles. The predicted octanol–water partition coefficient (Wildman–Crippen LogP) is 7.47. The highest BCUT2D eigenvalue weighted by Gasteiger charge is 2.15. The van der Waals surface area contributed by atoms with Crippen LogP contribution < -0.4 is 10.6 Å². The second-order valence-corrected chi connectivity index (χ2v) is 9.86. The molecule has 0 fully saturated rings. The summed E-state index contributed by atoms with van der Waals surface area (Å²) in [4.78, 5) is 35.9. The summed E-state index contributed by atoms with van der Waals surface area (Å²) in [5.74, 6) is -1.53. The fraction of sp³-hybridized carbons (Fsp3) is 0.0278. The van der Waals surface area contributed by atoms with Crippen molar-refractivity contribution in [3.63, 3.8) is 0 Å². The van der Waals surface area contributed by atoms with E-state index < -0.39 is 5.97 Å². The van der Waals surface area contributed by atoms with Gasteiger partial charge in [-0.2, -0.15) is 0 Å². The Kier molecular flexibility index (Phi) is 9.12. The van der Waals surface area contributed by atoms with Crippen LogP contribution in [-0.4, -0.2) is 32.0 Å². The normalized spacial score (nSPS) is 10.3. The number of nitrogens with one attached hydrogen (secondary N) is 2. The van der Waals surface area contributed by atoms with Gasteiger partial charge in [0, 0.05) is 53.0 Å². The lowest BCUT2D eigenvalue weighted by atomic mass is 10.1. The molecule has 2 amide bonds. The summed E-state index contributed by atoms with van der Waals surface area (Å²) < 4.78 is 3.85. The molecule has 218 valence electrons. The van der Waals surface area contributed by atoms with E-state index in [-0.39, 0.29) is 23.1 Å². The summed E-state index contributed by atoms with van der Waals surface area (Å²) in [5.41, 5.74) is 5.09. The third kappa shape index (κ3) is 7.18. The molecule has 0 atom stereocenters. The Hall–Kier alpha value is -6.15. The number of benzene rings is 4. The van der Waals surface area contributed by atoms with Crippen molar-refractivity contribution >= 4 is 29.2 Å². The number of amides is 2. The van der Waals surface area contributed by atoms with Gasteiger partial charge in [-0.1, -0.05) is 42.5 Å². The first-order valence-corrected chi connectivity index (χ1v) is 13.9. The average Bonchev–Trinajstić information content (AvgIpc) is 3.79. The number of aryl methyl sites for hydroxylation is 1. The largest absolute Gasteiger partial charge is 0.478 e. The molecular formula is C36H30N4O4. The van der Waals surface area contributed by atoms with Crippen LogP contribution >= 0.6 is 0 Å². The number of carboxylic acids is 1. The van der Waals surface area contributed by atoms with Crippen LogP contribution in [0.1, 0.15) is 36.6 Å². The van der Waals surface area contributed by atoms with Gasteiger partial charge in [0.1, 0.15) is 0 Å². The molecule has 3 N–H and O–H groups in total. The highest BCUT2D eigenvalue weighted by molar-refractivity contribution is 6.08. The number of carbonyl (C=O) groups excluding carboxylic acids is 2. The number of hydrogen-bond donors (Lipinski definition) is 3. The zero-order chi connectivity index (χ0) is 30.9. The van der Waals surface area contributed by atoms with Gasteiger partial charge in [-0.25, -0.2) is 4.79 Å². The molecule has 8 nitrogen and oxygen atoms in total. The van der Waals surface area contributed by atoms with Crippen molar-refractivity contribution < 1.29 is 19.5 Å². The van der Waals surface area contributed by atoms with Crippen LogP contribution in [0.4, 0.5) is 11.4 Å². The Bertz CT molecular complexity index is 1860. The molecule has 8 heteroatoms. The van der Waals surface area contributed by atoms with Crippen LogP contribution in [0.25, 0.3) is 11.4 Å². The summed E-state index contributed by atoms with van der Waals surface area (Å²) in [7, 11) is 0. The molecule has 0 aliphatic carbocycles. The van der Waals surface area contributed by atoms with Crippen LogP contribution in [0.15, 0.2) is 146 Å². The fourth-order valence-electron chi connectivity index (χ4n) is 4.47. The van der Waals surface area contributed by atoms with Gasteiger partial charge in [-0.15, -0.1) is 0 Å². The lowest BCUT2D eigenvalue weighted by Gasteiger charge is -2.11. The van der Waals surface area contributed by atoms with Crippen molar-refractivity contribution in [2.45, 2.75) is 6.92 Å². The Balaban J connectivity index is 0.000000175. The van der Waals surface area contributed by atoms with Crippen LogP contribution in [0, 0.1) is 6.92 Å². The highest BCUT2D eigenvalue weighted by atomic mass is 16.4. The second kappa shape index (κ2) is 13.7. The molecule has 0 saturated heterocycles. The van der Waals surface area contributed by atoms with E-state index in [4.69, 9.17) is 0 Å². The molecule has 0 saturated carbocycles. The molecule has 0 bridgehead atoms. The highest BCUT2D eigenvalue weighted by Crippen LogP contribution is 2.22. The maximum atomic E-state index is 12.3. The van der Waals surface area contributed by atoms with Crippen LogP contribution in [0.3, 0.4) is 0 Å². The van der Waals surface area contributed by atoms with E-state index in [0.29, 0.717) is 11.1 Å². The molecule has 0 radical (unpaired) electrons. The summed E-state index contributed by atoms with van der Waals surface area (Å²) in [6.07, 6.45) is 7.65. The molecule has 6 aromatic rings. The summed E-state index contributed by atoms with van der Waals surface area (Å²) in [6.45, 7) is 1.99. The van der Waals surface area contributed by atoms with E-state index in [2.05, 4.69) is 10.6 Å². The van der Waals surface area contributed by atoms with E-state index in [9.17, 15) is 19.5 Å². The fourth-order valence-corrected chi connectivity index (χ4v) is 4.47. The number of carbonyl (C=O) groups is 3. The lowest BCUT2D eigenvalue weighted by Crippen LogP contribution is -2.15. The first kappa shape index (κ1) is 29.3. The van der Waals surface area contributed by atoms with Crippen LogP contribution in [0.5, 0.6) is 0 Å². The second-order valence-electron chi connectivity index (χ2n) is 9.86. The molecule has 2 aromatic heterocycles. The number of aromatic carboxylic acids is 1.